The maximum Gasteiger partial charge on any atom is 0.153 e. The molecule has 5 rings (SSSR count). The molecular formula is C64H82O6. The highest BCUT2D eigenvalue weighted by molar-refractivity contribution is 6.10. The normalized spacial score (nSPS) is 12.8. The molecule has 0 radical (unpaired) electrons. The Hall–Kier alpha value is -5.72. The number of ether oxygens (including phenoxy) is 4. The number of carbonyl (C=O) groups is 2. The molecule has 0 aromatic heterocycles. The Balaban J connectivity index is 1.66. The topological polar surface area (TPSA) is 71.1 Å². The standard InChI is InChI=1S/C64H82O6/c1-9-17-25-47(13-5)43-67-61-39-53(41-65)63(69-45-49(15-7)27-19-11-3)37-51(61)33-35-59-55-29-21-23-31-57(55)60(58-32-24-22-30-56(58)59)36-34-52-38-64(70-46-50(16-8)28-20-12-4)54(42-66)40-62(52)68-44-48(14-6)26-18-10-2/h21-24,29-32,37-42,47-50H,9-20,25-28,43-46H2,1-8H3. The fourth-order valence-electron chi connectivity index (χ4n) is 9.10. The quantitative estimate of drug-likeness (QED) is 0.0259. The van der Waals surface area contributed by atoms with E-state index < -0.39 is 0 Å². The first kappa shape index (κ1) is 55.2. The van der Waals surface area contributed by atoms with E-state index in [9.17, 15) is 9.59 Å². The molecule has 0 saturated carbocycles. The molecule has 4 unspecified atom stereocenters. The van der Waals surface area contributed by atoms with E-state index in [4.69, 9.17) is 18.9 Å². The summed E-state index contributed by atoms with van der Waals surface area (Å²) in [5.74, 6) is 18.2. The number of rotatable bonds is 30. The van der Waals surface area contributed by atoms with Gasteiger partial charge in [0.25, 0.3) is 0 Å². The molecule has 0 aliphatic carbocycles. The van der Waals surface area contributed by atoms with Crippen LogP contribution in [0.25, 0.3) is 21.5 Å². The van der Waals surface area contributed by atoms with Gasteiger partial charge in [-0.25, -0.2) is 0 Å². The maximum atomic E-state index is 12.6. The summed E-state index contributed by atoms with van der Waals surface area (Å²) < 4.78 is 26.1. The smallest absolute Gasteiger partial charge is 0.153 e. The minimum absolute atomic E-state index is 0.398. The van der Waals surface area contributed by atoms with Crippen LogP contribution in [-0.2, 0) is 0 Å². The SMILES string of the molecule is CCCCC(CC)COc1cc(C=O)c(OCC(CC)CCCC)cc1C#Cc1c2ccccc2c(C#Cc2cc(OCC(CC)CCCC)c(C=O)cc2OCC(CC)CCCC)c2ccccc12. The van der Waals surface area contributed by atoms with E-state index in [1.54, 1.807) is 0 Å². The first-order valence-corrected chi connectivity index (χ1v) is 27.0. The van der Waals surface area contributed by atoms with Crippen LogP contribution in [0.1, 0.15) is 201 Å². The molecule has 0 aliphatic heterocycles. The predicted molar refractivity (Wildman–Crippen MR) is 292 cm³/mol. The van der Waals surface area contributed by atoms with Gasteiger partial charge >= 0.3 is 0 Å². The van der Waals surface area contributed by atoms with Crippen molar-refractivity contribution in [3.8, 4) is 46.7 Å². The number of carbonyl (C=O) groups excluding carboxylic acids is 2. The maximum absolute atomic E-state index is 12.6. The molecule has 0 N–H and O–H groups in total. The van der Waals surface area contributed by atoms with Crippen molar-refractivity contribution in [3.63, 3.8) is 0 Å². The van der Waals surface area contributed by atoms with Crippen LogP contribution in [-0.4, -0.2) is 39.0 Å². The fourth-order valence-corrected chi connectivity index (χ4v) is 9.10. The van der Waals surface area contributed by atoms with E-state index in [1.165, 1.54) is 0 Å². The second kappa shape index (κ2) is 30.1. The minimum atomic E-state index is 0.398. The van der Waals surface area contributed by atoms with Crippen LogP contribution in [0.2, 0.25) is 0 Å². The zero-order valence-electron chi connectivity index (χ0n) is 44.0. The lowest BCUT2D eigenvalue weighted by atomic mass is 9.91. The molecule has 6 nitrogen and oxygen atoms in total. The van der Waals surface area contributed by atoms with Gasteiger partial charge in [0.1, 0.15) is 23.0 Å². The second-order valence-electron chi connectivity index (χ2n) is 19.3. The summed E-state index contributed by atoms with van der Waals surface area (Å²) in [4.78, 5) is 25.2. The average Bonchev–Trinajstić information content (AvgIpc) is 3.40. The molecule has 0 fully saturated rings. The van der Waals surface area contributed by atoms with Crippen molar-refractivity contribution in [2.75, 3.05) is 26.4 Å². The Kier molecular flexibility index (Phi) is 23.8. The summed E-state index contributed by atoms with van der Waals surface area (Å²) in [5.41, 5.74) is 4.07. The monoisotopic (exact) mass is 947 g/mol. The first-order valence-electron chi connectivity index (χ1n) is 27.0. The van der Waals surface area contributed by atoms with Gasteiger partial charge in [-0.2, -0.15) is 0 Å². The molecule has 4 atom stereocenters. The zero-order chi connectivity index (χ0) is 50.1. The summed E-state index contributed by atoms with van der Waals surface area (Å²) in [6, 6.07) is 24.1. The molecule has 5 aromatic rings. The van der Waals surface area contributed by atoms with Gasteiger partial charge in [-0.05, 0) is 83.0 Å². The molecule has 0 bridgehead atoms. The van der Waals surface area contributed by atoms with Gasteiger partial charge in [-0.15, -0.1) is 0 Å². The van der Waals surface area contributed by atoms with E-state index in [-0.39, 0.29) is 0 Å². The predicted octanol–water partition coefficient (Wildman–Crippen LogP) is 16.8. The summed E-state index contributed by atoms with van der Waals surface area (Å²) in [5, 5.41) is 3.91. The van der Waals surface area contributed by atoms with E-state index in [2.05, 4.69) is 103 Å². The second-order valence-corrected chi connectivity index (χ2v) is 19.3. The Labute approximate surface area is 422 Å². The van der Waals surface area contributed by atoms with Gasteiger partial charge in [0.15, 0.2) is 12.6 Å². The molecule has 0 aliphatic rings. The van der Waals surface area contributed by atoms with Gasteiger partial charge in [0.2, 0.25) is 0 Å². The third kappa shape index (κ3) is 15.6. The third-order valence-electron chi connectivity index (χ3n) is 14.1. The Bertz CT molecular complexity index is 2320. The lowest BCUT2D eigenvalue weighted by Crippen LogP contribution is -2.14. The van der Waals surface area contributed by atoms with Crippen LogP contribution in [0.3, 0.4) is 0 Å². The van der Waals surface area contributed by atoms with Crippen molar-refractivity contribution >= 4 is 34.1 Å². The molecule has 0 heterocycles. The first-order chi connectivity index (χ1) is 34.3. The summed E-state index contributed by atoms with van der Waals surface area (Å²) in [6.07, 6.45) is 19.2. The third-order valence-corrected chi connectivity index (χ3v) is 14.1. The van der Waals surface area contributed by atoms with E-state index >= 15 is 0 Å². The van der Waals surface area contributed by atoms with Gasteiger partial charge in [-0.1, -0.05) is 205 Å². The average molecular weight is 947 g/mol. The van der Waals surface area contributed by atoms with Crippen LogP contribution >= 0.6 is 0 Å². The minimum Gasteiger partial charge on any atom is -0.493 e. The highest BCUT2D eigenvalue weighted by Crippen LogP contribution is 2.35. The lowest BCUT2D eigenvalue weighted by Gasteiger charge is -2.19. The van der Waals surface area contributed by atoms with E-state index in [1.807, 2.05) is 48.5 Å². The number of aldehydes is 2. The highest BCUT2D eigenvalue weighted by Gasteiger charge is 2.19. The highest BCUT2D eigenvalue weighted by atomic mass is 16.5. The molecule has 0 amide bonds. The Morgan fingerprint density at radius 3 is 0.943 bits per heavy atom. The number of unbranched alkanes of at least 4 members (excludes halogenated alkanes) is 4. The zero-order valence-corrected chi connectivity index (χ0v) is 44.0. The Morgan fingerprint density at radius 2 is 0.686 bits per heavy atom. The number of fused-ring (bicyclic) bond motifs is 2. The molecule has 5 aromatic carbocycles. The van der Waals surface area contributed by atoms with E-state index in [0.717, 1.165) is 148 Å². The van der Waals surface area contributed by atoms with Gasteiger partial charge in [0, 0.05) is 23.3 Å². The molecule has 0 spiro atoms. The van der Waals surface area contributed by atoms with Crippen molar-refractivity contribution in [2.45, 2.75) is 158 Å². The van der Waals surface area contributed by atoms with Crippen LogP contribution in [0.4, 0.5) is 0 Å². The largest absolute Gasteiger partial charge is 0.493 e. The van der Waals surface area contributed by atoms with Gasteiger partial charge in [0.05, 0.1) is 48.7 Å². The van der Waals surface area contributed by atoms with Gasteiger partial charge < -0.3 is 18.9 Å². The lowest BCUT2D eigenvalue weighted by molar-refractivity contribution is 0.111. The van der Waals surface area contributed by atoms with Crippen LogP contribution in [0, 0.1) is 47.4 Å². The van der Waals surface area contributed by atoms with Crippen LogP contribution in [0.15, 0.2) is 72.8 Å². The number of hydrogen-bond acceptors (Lipinski definition) is 6. The van der Waals surface area contributed by atoms with Crippen molar-refractivity contribution in [3.05, 3.63) is 106 Å². The molecule has 6 heteroatoms. The fraction of sp³-hybridized carbons (Fsp3) is 0.500. The molecule has 0 saturated heterocycles. The van der Waals surface area contributed by atoms with Crippen molar-refractivity contribution < 1.29 is 28.5 Å². The van der Waals surface area contributed by atoms with E-state index in [0.29, 0.717) is 95.4 Å². The Morgan fingerprint density at radius 1 is 0.400 bits per heavy atom. The van der Waals surface area contributed by atoms with Crippen LogP contribution < -0.4 is 18.9 Å². The summed E-state index contributed by atoms with van der Waals surface area (Å²) in [7, 11) is 0. The van der Waals surface area contributed by atoms with Crippen molar-refractivity contribution in [1.29, 1.82) is 0 Å². The number of hydrogen-bond donors (Lipinski definition) is 0. The van der Waals surface area contributed by atoms with Crippen LogP contribution in [0.5, 0.6) is 23.0 Å². The number of benzene rings is 5. The summed E-state index contributed by atoms with van der Waals surface area (Å²) >= 11 is 0. The molecular weight excluding hydrogens is 865 g/mol. The molecule has 374 valence electrons. The molecule has 70 heavy (non-hydrogen) atoms. The van der Waals surface area contributed by atoms with Gasteiger partial charge in [-0.3, -0.25) is 9.59 Å². The van der Waals surface area contributed by atoms with Crippen molar-refractivity contribution in [2.24, 2.45) is 23.7 Å². The van der Waals surface area contributed by atoms with Crippen molar-refractivity contribution in [1.82, 2.24) is 0 Å². The summed E-state index contributed by atoms with van der Waals surface area (Å²) in [6.45, 7) is 19.8.